The van der Waals surface area contributed by atoms with Crippen molar-refractivity contribution in [2.45, 2.75) is 33.6 Å². The molecule has 1 rings (SSSR count). The van der Waals surface area contributed by atoms with Crippen molar-refractivity contribution < 1.29 is 5.11 Å². The molecule has 0 unspecified atom stereocenters. The van der Waals surface area contributed by atoms with E-state index in [-0.39, 0.29) is 0 Å². The van der Waals surface area contributed by atoms with Crippen molar-refractivity contribution in [2.75, 3.05) is 0 Å². The molecular formula is C11H15ClO. The van der Waals surface area contributed by atoms with Gasteiger partial charge in [0.15, 0.2) is 0 Å². The van der Waals surface area contributed by atoms with Crippen molar-refractivity contribution >= 4 is 11.6 Å². The highest BCUT2D eigenvalue weighted by Crippen LogP contribution is 2.35. The highest BCUT2D eigenvalue weighted by Gasteiger charge is 2.13. The Morgan fingerprint density at radius 1 is 1.31 bits per heavy atom. The molecule has 1 aromatic carbocycles. The first-order valence-corrected chi connectivity index (χ1v) is 4.81. The van der Waals surface area contributed by atoms with Crippen LogP contribution in [0.3, 0.4) is 0 Å². The molecule has 0 saturated carbocycles. The number of aromatic hydroxyl groups is 1. The van der Waals surface area contributed by atoms with Crippen molar-refractivity contribution in [3.63, 3.8) is 0 Å². The van der Waals surface area contributed by atoms with Gasteiger partial charge in [-0.2, -0.15) is 0 Å². The molecule has 0 fully saturated rings. The fraction of sp³-hybridized carbons (Fsp3) is 0.455. The summed E-state index contributed by atoms with van der Waals surface area (Å²) in [5.41, 5.74) is 2.88. The molecule has 13 heavy (non-hydrogen) atoms. The molecule has 2 heteroatoms. The van der Waals surface area contributed by atoms with Crippen LogP contribution in [0.4, 0.5) is 0 Å². The number of aryl methyl sites for hydroxylation is 1. The molecule has 0 heterocycles. The summed E-state index contributed by atoms with van der Waals surface area (Å²) >= 11 is 6.09. The highest BCUT2D eigenvalue weighted by molar-refractivity contribution is 6.32. The second kappa shape index (κ2) is 3.59. The van der Waals surface area contributed by atoms with Crippen molar-refractivity contribution in [3.05, 3.63) is 27.8 Å². The number of phenolic OH excluding ortho intramolecular Hbond substituents is 1. The summed E-state index contributed by atoms with van der Waals surface area (Å²) in [6, 6.07) is 1.73. The van der Waals surface area contributed by atoms with E-state index in [0.29, 0.717) is 11.7 Å². The van der Waals surface area contributed by atoms with Gasteiger partial charge in [0.05, 0.1) is 0 Å². The van der Waals surface area contributed by atoms with Crippen LogP contribution in [0.2, 0.25) is 5.02 Å². The molecular weight excluding hydrogens is 184 g/mol. The lowest BCUT2D eigenvalue weighted by Gasteiger charge is -2.14. The lowest BCUT2D eigenvalue weighted by molar-refractivity contribution is 0.463. The third-order valence-corrected chi connectivity index (χ3v) is 2.87. The summed E-state index contributed by atoms with van der Waals surface area (Å²) in [7, 11) is 0. The van der Waals surface area contributed by atoms with Gasteiger partial charge in [-0.15, -0.1) is 0 Å². The third kappa shape index (κ3) is 1.80. The van der Waals surface area contributed by atoms with Crippen LogP contribution in [0.15, 0.2) is 6.07 Å². The normalized spacial score (nSPS) is 10.9. The molecule has 1 nitrogen and oxygen atoms in total. The molecule has 72 valence electrons. The monoisotopic (exact) mass is 198 g/mol. The maximum Gasteiger partial charge on any atom is 0.119 e. The van der Waals surface area contributed by atoms with Crippen LogP contribution in [0.1, 0.15) is 36.5 Å². The molecule has 0 atom stereocenters. The zero-order chi connectivity index (χ0) is 10.2. The van der Waals surface area contributed by atoms with E-state index < -0.39 is 0 Å². The maximum absolute atomic E-state index is 9.71. The average Bonchev–Trinajstić information content (AvgIpc) is 1.99. The van der Waals surface area contributed by atoms with Gasteiger partial charge in [-0.25, -0.2) is 0 Å². The first-order valence-electron chi connectivity index (χ1n) is 4.43. The largest absolute Gasteiger partial charge is 0.508 e. The minimum absolute atomic E-state index is 0.304. The van der Waals surface area contributed by atoms with Crippen LogP contribution in [0.5, 0.6) is 5.75 Å². The van der Waals surface area contributed by atoms with E-state index in [9.17, 15) is 5.11 Å². The standard InChI is InChI=1S/C11H15ClO/c1-6(2)10-8(4)11(12)7(3)5-9(10)13/h5-6,13H,1-4H3. The molecule has 1 aromatic rings. The summed E-state index contributed by atoms with van der Waals surface area (Å²) in [4.78, 5) is 0. The van der Waals surface area contributed by atoms with Gasteiger partial charge in [-0.3, -0.25) is 0 Å². The van der Waals surface area contributed by atoms with Gasteiger partial charge in [0.2, 0.25) is 0 Å². The van der Waals surface area contributed by atoms with Crippen LogP contribution in [-0.4, -0.2) is 5.11 Å². The Balaban J connectivity index is 3.44. The lowest BCUT2D eigenvalue weighted by atomic mass is 9.95. The van der Waals surface area contributed by atoms with E-state index in [4.69, 9.17) is 11.6 Å². The Labute approximate surface area is 84.4 Å². The number of halogens is 1. The van der Waals surface area contributed by atoms with E-state index in [1.54, 1.807) is 6.07 Å². The Morgan fingerprint density at radius 3 is 2.31 bits per heavy atom. The zero-order valence-corrected chi connectivity index (χ0v) is 9.24. The fourth-order valence-corrected chi connectivity index (χ4v) is 1.84. The van der Waals surface area contributed by atoms with Gasteiger partial charge in [0.25, 0.3) is 0 Å². The Kier molecular flexibility index (Phi) is 2.87. The van der Waals surface area contributed by atoms with Gasteiger partial charge in [0.1, 0.15) is 5.75 Å². The van der Waals surface area contributed by atoms with Crippen molar-refractivity contribution in [1.29, 1.82) is 0 Å². The molecule has 0 aliphatic carbocycles. The van der Waals surface area contributed by atoms with Crippen molar-refractivity contribution in [3.8, 4) is 5.75 Å². The summed E-state index contributed by atoms with van der Waals surface area (Å²) in [6.07, 6.45) is 0. The second-order valence-electron chi connectivity index (χ2n) is 3.72. The van der Waals surface area contributed by atoms with Crippen LogP contribution in [0.25, 0.3) is 0 Å². The minimum Gasteiger partial charge on any atom is -0.508 e. The third-order valence-electron chi connectivity index (χ3n) is 2.29. The van der Waals surface area contributed by atoms with Crippen LogP contribution in [0, 0.1) is 13.8 Å². The summed E-state index contributed by atoms with van der Waals surface area (Å²) in [6.45, 7) is 7.95. The molecule has 1 N–H and O–H groups in total. The van der Waals surface area contributed by atoms with E-state index in [1.807, 2.05) is 27.7 Å². The SMILES string of the molecule is Cc1cc(O)c(C(C)C)c(C)c1Cl. The number of benzene rings is 1. The van der Waals surface area contributed by atoms with Crippen LogP contribution in [-0.2, 0) is 0 Å². The van der Waals surface area contributed by atoms with Crippen molar-refractivity contribution in [1.82, 2.24) is 0 Å². The highest BCUT2D eigenvalue weighted by atomic mass is 35.5. The van der Waals surface area contributed by atoms with Gasteiger partial charge in [0, 0.05) is 10.6 Å². The topological polar surface area (TPSA) is 20.2 Å². The quantitative estimate of drug-likeness (QED) is 0.728. The maximum atomic E-state index is 9.71. The van der Waals surface area contributed by atoms with Crippen LogP contribution < -0.4 is 0 Å². The second-order valence-corrected chi connectivity index (χ2v) is 4.10. The van der Waals surface area contributed by atoms with Gasteiger partial charge in [-0.05, 0) is 37.0 Å². The molecule has 0 radical (unpaired) electrons. The number of phenols is 1. The van der Waals surface area contributed by atoms with E-state index in [0.717, 1.165) is 21.7 Å². The summed E-state index contributed by atoms with van der Waals surface area (Å²) in [5.74, 6) is 0.660. The van der Waals surface area contributed by atoms with Crippen molar-refractivity contribution in [2.24, 2.45) is 0 Å². The Bertz CT molecular complexity index is 329. The molecule has 0 aliphatic rings. The van der Waals surface area contributed by atoms with Crippen LogP contribution >= 0.6 is 11.6 Å². The molecule has 0 aromatic heterocycles. The predicted molar refractivity (Wildman–Crippen MR) is 56.7 cm³/mol. The number of hydrogen-bond acceptors (Lipinski definition) is 1. The predicted octanol–water partition coefficient (Wildman–Crippen LogP) is 3.79. The van der Waals surface area contributed by atoms with Gasteiger partial charge < -0.3 is 5.11 Å². The number of rotatable bonds is 1. The van der Waals surface area contributed by atoms with Gasteiger partial charge in [-0.1, -0.05) is 25.4 Å². The smallest absolute Gasteiger partial charge is 0.119 e. The fourth-order valence-electron chi connectivity index (χ4n) is 1.68. The lowest BCUT2D eigenvalue weighted by Crippen LogP contribution is -1.95. The molecule has 0 spiro atoms. The number of hydrogen-bond donors (Lipinski definition) is 1. The average molecular weight is 199 g/mol. The van der Waals surface area contributed by atoms with Gasteiger partial charge >= 0.3 is 0 Å². The first kappa shape index (κ1) is 10.4. The Morgan fingerprint density at radius 2 is 1.85 bits per heavy atom. The summed E-state index contributed by atoms with van der Waals surface area (Å²) < 4.78 is 0. The summed E-state index contributed by atoms with van der Waals surface area (Å²) in [5, 5.41) is 10.5. The molecule has 0 bridgehead atoms. The first-order chi connectivity index (χ1) is 5.95. The molecule has 0 aliphatic heterocycles. The van der Waals surface area contributed by atoms with E-state index in [1.165, 1.54) is 0 Å². The Hall–Kier alpha value is -0.690. The van der Waals surface area contributed by atoms with E-state index >= 15 is 0 Å². The van der Waals surface area contributed by atoms with E-state index in [2.05, 4.69) is 0 Å². The minimum atomic E-state index is 0.304. The zero-order valence-electron chi connectivity index (χ0n) is 8.48. The molecule has 0 amide bonds. The molecule has 0 saturated heterocycles.